The molecule has 1 aliphatic carbocycles. The number of hydrogen-bond acceptors (Lipinski definition) is 3. The number of halogens is 1. The van der Waals surface area contributed by atoms with E-state index < -0.39 is 11.9 Å². The Bertz CT molecular complexity index is 478. The van der Waals surface area contributed by atoms with E-state index in [0.717, 1.165) is 6.42 Å². The van der Waals surface area contributed by atoms with Gasteiger partial charge in [0.2, 0.25) is 0 Å². The molecule has 5 nitrogen and oxygen atoms in total. The molecule has 2 atom stereocenters. The molecule has 1 heterocycles. The lowest BCUT2D eigenvalue weighted by molar-refractivity contribution is -0.142. The molecule has 1 aliphatic rings. The predicted molar refractivity (Wildman–Crippen MR) is 65.5 cm³/mol. The number of carboxylic acids is 1. The highest BCUT2D eigenvalue weighted by molar-refractivity contribution is 6.33. The molecule has 0 aromatic carbocycles. The van der Waals surface area contributed by atoms with Crippen molar-refractivity contribution in [1.29, 1.82) is 0 Å². The molecule has 96 valence electrons. The summed E-state index contributed by atoms with van der Waals surface area (Å²) in [6.07, 6.45) is 4.96. The summed E-state index contributed by atoms with van der Waals surface area (Å²) in [6, 6.07) is 1.20. The van der Waals surface area contributed by atoms with E-state index in [-0.39, 0.29) is 17.0 Å². The van der Waals surface area contributed by atoms with Crippen LogP contribution in [0, 0.1) is 5.92 Å². The first-order valence-electron chi connectivity index (χ1n) is 5.73. The Morgan fingerprint density at radius 2 is 2.22 bits per heavy atom. The van der Waals surface area contributed by atoms with Crippen molar-refractivity contribution >= 4 is 23.5 Å². The fraction of sp³-hybridized carbons (Fsp3) is 0.417. The maximum absolute atomic E-state index is 12.0. The van der Waals surface area contributed by atoms with Gasteiger partial charge in [0.1, 0.15) is 0 Å². The molecule has 0 spiro atoms. The van der Waals surface area contributed by atoms with Crippen molar-refractivity contribution in [2.24, 2.45) is 5.92 Å². The van der Waals surface area contributed by atoms with E-state index in [1.807, 2.05) is 0 Å². The maximum atomic E-state index is 12.0. The molecular formula is C12H13ClN2O3. The first-order chi connectivity index (χ1) is 8.59. The minimum absolute atomic E-state index is 0.264. The van der Waals surface area contributed by atoms with Crippen molar-refractivity contribution in [1.82, 2.24) is 10.3 Å². The zero-order valence-electron chi connectivity index (χ0n) is 9.60. The third-order valence-electron chi connectivity index (χ3n) is 3.17. The molecule has 6 heteroatoms. The van der Waals surface area contributed by atoms with Crippen LogP contribution in [0.2, 0.25) is 5.02 Å². The van der Waals surface area contributed by atoms with Gasteiger partial charge >= 0.3 is 5.97 Å². The second-order valence-corrected chi connectivity index (χ2v) is 4.72. The Morgan fingerprint density at radius 3 is 2.89 bits per heavy atom. The van der Waals surface area contributed by atoms with E-state index in [1.54, 1.807) is 0 Å². The summed E-state index contributed by atoms with van der Waals surface area (Å²) in [5, 5.41) is 12.0. The number of pyridine rings is 1. The highest BCUT2D eigenvalue weighted by Crippen LogP contribution is 2.26. The number of carboxylic acid groups (broad SMARTS) is 1. The van der Waals surface area contributed by atoms with Gasteiger partial charge in [-0.1, -0.05) is 18.0 Å². The molecule has 1 aromatic rings. The van der Waals surface area contributed by atoms with Gasteiger partial charge in [-0.2, -0.15) is 0 Å². The van der Waals surface area contributed by atoms with Crippen LogP contribution >= 0.6 is 11.6 Å². The van der Waals surface area contributed by atoms with Crippen LogP contribution in [0.1, 0.15) is 29.6 Å². The number of amides is 1. The molecule has 2 rings (SSSR count). The number of aliphatic carboxylic acids is 1. The average Bonchev–Trinajstić information content (AvgIpc) is 2.77. The van der Waals surface area contributed by atoms with Crippen molar-refractivity contribution in [3.05, 3.63) is 29.0 Å². The lowest BCUT2D eigenvalue weighted by atomic mass is 10.0. The number of rotatable bonds is 3. The Kier molecular flexibility index (Phi) is 3.81. The summed E-state index contributed by atoms with van der Waals surface area (Å²) < 4.78 is 0. The monoisotopic (exact) mass is 268 g/mol. The van der Waals surface area contributed by atoms with Crippen LogP contribution in [0.15, 0.2) is 18.5 Å². The van der Waals surface area contributed by atoms with Crippen LogP contribution in [0.25, 0.3) is 0 Å². The van der Waals surface area contributed by atoms with Crippen molar-refractivity contribution in [3.63, 3.8) is 0 Å². The number of nitrogens with zero attached hydrogens (tertiary/aromatic N) is 1. The summed E-state index contributed by atoms with van der Waals surface area (Å²) in [4.78, 5) is 26.8. The predicted octanol–water partition coefficient (Wildman–Crippen LogP) is 1.72. The molecule has 1 aromatic heterocycles. The highest BCUT2D eigenvalue weighted by atomic mass is 35.5. The van der Waals surface area contributed by atoms with Crippen LogP contribution in [0.3, 0.4) is 0 Å². The van der Waals surface area contributed by atoms with E-state index in [4.69, 9.17) is 16.7 Å². The third kappa shape index (κ3) is 2.61. The zero-order valence-corrected chi connectivity index (χ0v) is 10.4. The summed E-state index contributed by atoms with van der Waals surface area (Å²) in [5.41, 5.74) is 0.322. The largest absolute Gasteiger partial charge is 0.481 e. The second kappa shape index (κ2) is 5.35. The number of carbonyl (C=O) groups is 2. The van der Waals surface area contributed by atoms with Gasteiger partial charge in [0.15, 0.2) is 0 Å². The zero-order chi connectivity index (χ0) is 13.1. The molecule has 2 N–H and O–H groups in total. The minimum Gasteiger partial charge on any atom is -0.481 e. The number of hydrogen-bond donors (Lipinski definition) is 2. The Balaban J connectivity index is 2.08. The van der Waals surface area contributed by atoms with Gasteiger partial charge < -0.3 is 10.4 Å². The summed E-state index contributed by atoms with van der Waals surface area (Å²) in [5.74, 6) is -1.71. The van der Waals surface area contributed by atoms with Crippen LogP contribution in [0.5, 0.6) is 0 Å². The quantitative estimate of drug-likeness (QED) is 0.875. The van der Waals surface area contributed by atoms with E-state index in [0.29, 0.717) is 18.4 Å². The van der Waals surface area contributed by atoms with Gasteiger partial charge in [0.25, 0.3) is 5.91 Å². The fourth-order valence-corrected chi connectivity index (χ4v) is 2.44. The first kappa shape index (κ1) is 12.8. The number of nitrogens with one attached hydrogen (secondary N) is 1. The van der Waals surface area contributed by atoms with Crippen LogP contribution < -0.4 is 5.32 Å². The standard InChI is InChI=1S/C12H13ClN2O3/c13-9-6-14-5-4-7(9)11(16)15-10-3-1-2-8(10)12(17)18/h4-6,8,10H,1-3H2,(H,15,16)(H,17,18)/t8-,10-/m1/s1. The summed E-state index contributed by atoms with van der Waals surface area (Å²) >= 11 is 5.86. The van der Waals surface area contributed by atoms with Gasteiger partial charge in [-0.15, -0.1) is 0 Å². The van der Waals surface area contributed by atoms with E-state index >= 15 is 0 Å². The van der Waals surface area contributed by atoms with Gasteiger partial charge in [-0.25, -0.2) is 0 Å². The van der Waals surface area contributed by atoms with Crippen molar-refractivity contribution < 1.29 is 14.7 Å². The van der Waals surface area contributed by atoms with E-state index in [9.17, 15) is 9.59 Å². The topological polar surface area (TPSA) is 79.3 Å². The van der Waals surface area contributed by atoms with Gasteiger partial charge in [-0.05, 0) is 18.9 Å². The Hall–Kier alpha value is -1.62. The molecule has 18 heavy (non-hydrogen) atoms. The van der Waals surface area contributed by atoms with Crippen molar-refractivity contribution in [3.8, 4) is 0 Å². The minimum atomic E-state index is -0.862. The van der Waals surface area contributed by atoms with Crippen LogP contribution in [-0.2, 0) is 4.79 Å². The molecule has 0 unspecified atom stereocenters. The first-order valence-corrected chi connectivity index (χ1v) is 6.10. The van der Waals surface area contributed by atoms with E-state index in [1.165, 1.54) is 18.5 Å². The number of carbonyl (C=O) groups excluding carboxylic acids is 1. The van der Waals surface area contributed by atoms with Gasteiger partial charge in [-0.3, -0.25) is 14.6 Å². The summed E-state index contributed by atoms with van der Waals surface area (Å²) in [7, 11) is 0. The molecule has 0 saturated heterocycles. The lowest BCUT2D eigenvalue weighted by Gasteiger charge is -2.17. The highest BCUT2D eigenvalue weighted by Gasteiger charge is 2.34. The van der Waals surface area contributed by atoms with Crippen molar-refractivity contribution in [2.75, 3.05) is 0 Å². The average molecular weight is 269 g/mol. The third-order valence-corrected chi connectivity index (χ3v) is 3.47. The molecule has 0 aliphatic heterocycles. The normalized spacial score (nSPS) is 22.7. The van der Waals surface area contributed by atoms with Crippen LogP contribution in [0.4, 0.5) is 0 Å². The second-order valence-electron chi connectivity index (χ2n) is 4.31. The van der Waals surface area contributed by atoms with Crippen LogP contribution in [-0.4, -0.2) is 28.0 Å². The molecular weight excluding hydrogens is 256 g/mol. The van der Waals surface area contributed by atoms with Gasteiger partial charge in [0, 0.05) is 18.4 Å². The Morgan fingerprint density at radius 1 is 1.44 bits per heavy atom. The Labute approximate surface area is 109 Å². The smallest absolute Gasteiger partial charge is 0.308 e. The maximum Gasteiger partial charge on any atom is 0.308 e. The SMILES string of the molecule is O=C(N[C@@H]1CCC[C@H]1C(=O)O)c1ccncc1Cl. The number of aromatic nitrogens is 1. The summed E-state index contributed by atoms with van der Waals surface area (Å²) in [6.45, 7) is 0. The molecule has 0 radical (unpaired) electrons. The molecule has 1 fully saturated rings. The van der Waals surface area contributed by atoms with Crippen molar-refractivity contribution in [2.45, 2.75) is 25.3 Å². The fourth-order valence-electron chi connectivity index (χ4n) is 2.23. The molecule has 1 amide bonds. The van der Waals surface area contributed by atoms with Gasteiger partial charge in [0.05, 0.1) is 16.5 Å². The molecule has 1 saturated carbocycles. The lowest BCUT2D eigenvalue weighted by Crippen LogP contribution is -2.40. The van der Waals surface area contributed by atoms with E-state index in [2.05, 4.69) is 10.3 Å². The molecule has 0 bridgehead atoms.